The van der Waals surface area contributed by atoms with Crippen molar-refractivity contribution in [2.75, 3.05) is 19.3 Å². The van der Waals surface area contributed by atoms with Gasteiger partial charge in [0.1, 0.15) is 4.90 Å². The van der Waals surface area contributed by atoms with E-state index >= 15 is 0 Å². The molecule has 1 heterocycles. The average Bonchev–Trinajstić information content (AvgIpc) is 2.31. The summed E-state index contributed by atoms with van der Waals surface area (Å²) in [4.78, 5) is 2.34. The van der Waals surface area contributed by atoms with Gasteiger partial charge in [0.15, 0.2) is 0 Å². The van der Waals surface area contributed by atoms with E-state index in [9.17, 15) is 8.42 Å². The summed E-state index contributed by atoms with van der Waals surface area (Å²) in [6.45, 7) is 2.98. The minimum absolute atomic E-state index is 0.0591. The Hall–Kier alpha value is -0.150. The van der Waals surface area contributed by atoms with E-state index < -0.39 is 10.0 Å². The van der Waals surface area contributed by atoms with Crippen LogP contribution in [0.4, 0.5) is 5.69 Å². The van der Waals surface area contributed by atoms with Gasteiger partial charge >= 0.3 is 0 Å². The molecule has 2 unspecified atom stereocenters. The zero-order chi connectivity index (χ0) is 15.8. The summed E-state index contributed by atoms with van der Waals surface area (Å²) in [5, 5.41) is 0. The van der Waals surface area contributed by atoms with Crippen molar-refractivity contribution in [1.82, 2.24) is 9.62 Å². The van der Waals surface area contributed by atoms with E-state index in [1.165, 1.54) is 0 Å². The van der Waals surface area contributed by atoms with Crippen molar-refractivity contribution in [3.63, 3.8) is 0 Å². The molecule has 0 aromatic heterocycles. The van der Waals surface area contributed by atoms with Crippen LogP contribution in [0.2, 0.25) is 0 Å². The number of piperidine rings is 1. The maximum absolute atomic E-state index is 12.6. The molecule has 2 atom stereocenters. The number of nitrogens with zero attached hydrogens (tertiary/aromatic N) is 1. The summed E-state index contributed by atoms with van der Waals surface area (Å²) in [5.41, 5.74) is 6.10. The lowest BCUT2D eigenvalue weighted by molar-refractivity contribution is 0.178. The molecule has 1 aromatic rings. The molecule has 0 saturated carbocycles. The molecular formula is C13H19Br2N3O2S. The first-order valence-corrected chi connectivity index (χ1v) is 9.74. The topological polar surface area (TPSA) is 75.4 Å². The molecule has 0 spiro atoms. The SMILES string of the molecule is CC1CC(NS(=O)(=O)c2c(N)cc(Br)cc2Br)CCN1C. The van der Waals surface area contributed by atoms with E-state index in [1.807, 2.05) is 0 Å². The van der Waals surface area contributed by atoms with Crippen LogP contribution >= 0.6 is 31.9 Å². The molecule has 1 aliphatic rings. The number of halogens is 2. The zero-order valence-electron chi connectivity index (χ0n) is 11.9. The lowest BCUT2D eigenvalue weighted by Crippen LogP contribution is -2.47. The van der Waals surface area contributed by atoms with Crippen molar-refractivity contribution in [2.45, 2.75) is 36.7 Å². The second-order valence-electron chi connectivity index (χ2n) is 5.48. The first kappa shape index (κ1) is 17.2. The molecule has 21 heavy (non-hydrogen) atoms. The Morgan fingerprint density at radius 3 is 2.62 bits per heavy atom. The summed E-state index contributed by atoms with van der Waals surface area (Å²) in [7, 11) is -1.59. The maximum atomic E-state index is 12.6. The molecule has 0 amide bonds. The molecule has 3 N–H and O–H groups in total. The average molecular weight is 441 g/mol. The van der Waals surface area contributed by atoms with Crippen molar-refractivity contribution in [2.24, 2.45) is 0 Å². The predicted molar refractivity (Wildman–Crippen MR) is 91.7 cm³/mol. The Balaban J connectivity index is 2.24. The van der Waals surface area contributed by atoms with Crippen LogP contribution in [0.15, 0.2) is 26.0 Å². The first-order chi connectivity index (χ1) is 9.70. The van der Waals surface area contributed by atoms with Gasteiger partial charge in [0.2, 0.25) is 10.0 Å². The van der Waals surface area contributed by atoms with Gasteiger partial charge in [-0.1, -0.05) is 15.9 Å². The van der Waals surface area contributed by atoms with Crippen molar-refractivity contribution in [3.8, 4) is 0 Å². The van der Waals surface area contributed by atoms with E-state index in [-0.39, 0.29) is 16.6 Å². The highest BCUT2D eigenvalue weighted by atomic mass is 79.9. The number of nitrogen functional groups attached to an aromatic ring is 1. The Kier molecular flexibility index (Phi) is 5.36. The number of sulfonamides is 1. The number of likely N-dealkylation sites (tertiary alicyclic amines) is 1. The smallest absolute Gasteiger partial charge is 0.243 e. The number of benzene rings is 1. The molecule has 1 aliphatic heterocycles. The van der Waals surface area contributed by atoms with E-state index in [4.69, 9.17) is 5.73 Å². The lowest BCUT2D eigenvalue weighted by atomic mass is 10.0. The van der Waals surface area contributed by atoms with Gasteiger partial charge in [-0.25, -0.2) is 13.1 Å². The van der Waals surface area contributed by atoms with Crippen LogP contribution < -0.4 is 10.5 Å². The molecule has 5 nitrogen and oxygen atoms in total. The van der Waals surface area contributed by atoms with E-state index in [2.05, 4.69) is 55.5 Å². The zero-order valence-corrected chi connectivity index (χ0v) is 15.9. The van der Waals surface area contributed by atoms with Crippen LogP contribution in [-0.2, 0) is 10.0 Å². The van der Waals surface area contributed by atoms with E-state index in [0.29, 0.717) is 10.5 Å². The predicted octanol–water partition coefficient (Wildman–Crippen LogP) is 2.55. The number of nitrogens with one attached hydrogen (secondary N) is 1. The minimum atomic E-state index is -3.64. The maximum Gasteiger partial charge on any atom is 0.243 e. The molecule has 0 radical (unpaired) electrons. The fourth-order valence-electron chi connectivity index (χ4n) is 2.54. The summed E-state index contributed by atoms with van der Waals surface area (Å²) in [6, 6.07) is 3.58. The number of hydrogen-bond acceptors (Lipinski definition) is 4. The van der Waals surface area contributed by atoms with Crippen LogP contribution in [0.5, 0.6) is 0 Å². The highest BCUT2D eigenvalue weighted by Gasteiger charge is 2.29. The molecule has 8 heteroatoms. The van der Waals surface area contributed by atoms with Crippen molar-refractivity contribution < 1.29 is 8.42 Å². The minimum Gasteiger partial charge on any atom is -0.398 e. The largest absolute Gasteiger partial charge is 0.398 e. The summed E-state index contributed by atoms with van der Waals surface area (Å²) >= 11 is 6.58. The standard InChI is InChI=1S/C13H19Br2N3O2S/c1-8-5-10(3-4-18(8)2)17-21(19,20)13-11(15)6-9(14)7-12(13)16/h6-8,10,17H,3-5,16H2,1-2H3. The molecular weight excluding hydrogens is 422 g/mol. The van der Waals surface area contributed by atoms with Crippen LogP contribution in [0, 0.1) is 0 Å². The Morgan fingerprint density at radius 2 is 2.05 bits per heavy atom. The highest BCUT2D eigenvalue weighted by molar-refractivity contribution is 9.11. The Bertz CT molecular complexity index is 613. The lowest BCUT2D eigenvalue weighted by Gasteiger charge is -2.35. The third-order valence-electron chi connectivity index (χ3n) is 3.84. The van der Waals surface area contributed by atoms with Crippen LogP contribution in [0.1, 0.15) is 19.8 Å². The number of nitrogens with two attached hydrogens (primary N) is 1. The second-order valence-corrected chi connectivity index (χ2v) is 8.90. The van der Waals surface area contributed by atoms with Crippen LogP contribution in [0.3, 0.4) is 0 Å². The Labute approximate surface area is 142 Å². The van der Waals surface area contributed by atoms with Gasteiger partial charge in [0.05, 0.1) is 5.69 Å². The highest BCUT2D eigenvalue weighted by Crippen LogP contribution is 2.32. The third-order valence-corrected chi connectivity index (χ3v) is 6.82. The van der Waals surface area contributed by atoms with Crippen molar-refractivity contribution in [1.29, 1.82) is 0 Å². The van der Waals surface area contributed by atoms with Crippen LogP contribution in [-0.4, -0.2) is 39.0 Å². The van der Waals surface area contributed by atoms with Gasteiger partial charge in [-0.2, -0.15) is 0 Å². The second kappa shape index (κ2) is 6.54. The third kappa shape index (κ3) is 3.98. The first-order valence-electron chi connectivity index (χ1n) is 6.68. The van der Waals surface area contributed by atoms with Gasteiger partial charge in [-0.05, 0) is 61.4 Å². The van der Waals surface area contributed by atoms with Crippen molar-refractivity contribution in [3.05, 3.63) is 21.1 Å². The van der Waals surface area contributed by atoms with Gasteiger partial charge in [-0.15, -0.1) is 0 Å². The molecule has 118 valence electrons. The Morgan fingerprint density at radius 1 is 1.38 bits per heavy atom. The molecule has 0 bridgehead atoms. The van der Waals surface area contributed by atoms with Crippen molar-refractivity contribution >= 4 is 47.6 Å². The van der Waals surface area contributed by atoms with E-state index in [1.54, 1.807) is 12.1 Å². The molecule has 1 saturated heterocycles. The number of anilines is 1. The number of rotatable bonds is 3. The summed E-state index contributed by atoms with van der Waals surface area (Å²) < 4.78 is 29.2. The van der Waals surface area contributed by atoms with Gasteiger partial charge in [0.25, 0.3) is 0 Å². The molecule has 1 fully saturated rings. The molecule has 2 rings (SSSR count). The fraction of sp³-hybridized carbons (Fsp3) is 0.538. The molecule has 1 aromatic carbocycles. The summed E-state index contributed by atoms with van der Waals surface area (Å²) in [5.74, 6) is 0. The van der Waals surface area contributed by atoms with Gasteiger partial charge in [-0.3, -0.25) is 0 Å². The normalized spacial score (nSPS) is 24.2. The monoisotopic (exact) mass is 439 g/mol. The van der Waals surface area contributed by atoms with Crippen LogP contribution in [0.25, 0.3) is 0 Å². The summed E-state index contributed by atoms with van der Waals surface area (Å²) in [6.07, 6.45) is 1.60. The fourth-order valence-corrected chi connectivity index (χ4v) is 5.89. The van der Waals surface area contributed by atoms with E-state index in [0.717, 1.165) is 23.9 Å². The quantitative estimate of drug-likeness (QED) is 0.708. The van der Waals surface area contributed by atoms with Gasteiger partial charge < -0.3 is 10.6 Å². The number of hydrogen-bond donors (Lipinski definition) is 2. The van der Waals surface area contributed by atoms with Gasteiger partial charge in [0, 0.05) is 21.0 Å². The molecule has 0 aliphatic carbocycles.